The average molecular weight is 779 g/mol. The summed E-state index contributed by atoms with van der Waals surface area (Å²) in [7, 11) is 0. The minimum atomic E-state index is -0.0525. The van der Waals surface area contributed by atoms with Crippen molar-refractivity contribution in [1.29, 1.82) is 0 Å². The number of ether oxygens (including phenoxy) is 4. The van der Waals surface area contributed by atoms with Gasteiger partial charge in [0.15, 0.2) is 11.5 Å². The predicted molar refractivity (Wildman–Crippen MR) is 218 cm³/mol. The summed E-state index contributed by atoms with van der Waals surface area (Å²) in [6.45, 7) is 4.92. The molecule has 0 aliphatic rings. The summed E-state index contributed by atoms with van der Waals surface area (Å²) >= 11 is 7.61. The van der Waals surface area contributed by atoms with Gasteiger partial charge in [0, 0.05) is 43.0 Å². The number of thioether (sulfide) groups is 4. The fraction of sp³-hybridized carbons (Fsp3) is 0.784. The van der Waals surface area contributed by atoms with Gasteiger partial charge in [0.05, 0.1) is 26.4 Å². The van der Waals surface area contributed by atoms with Crippen LogP contribution in [0, 0.1) is 0 Å². The van der Waals surface area contributed by atoms with Crippen molar-refractivity contribution in [2.75, 3.05) is 82.8 Å². The van der Waals surface area contributed by atoms with E-state index in [0.717, 1.165) is 56.1 Å². The van der Waals surface area contributed by atoms with E-state index < -0.39 is 0 Å². The van der Waals surface area contributed by atoms with Crippen molar-refractivity contribution in [1.82, 2.24) is 10.6 Å². The van der Waals surface area contributed by atoms with Gasteiger partial charge in [0.25, 0.3) is 0 Å². The van der Waals surface area contributed by atoms with Crippen molar-refractivity contribution in [2.45, 2.75) is 101 Å². The Morgan fingerprint density at radius 3 is 1.52 bits per heavy atom. The lowest BCUT2D eigenvalue weighted by Crippen LogP contribution is -2.26. The molecule has 1 aromatic rings. The van der Waals surface area contributed by atoms with Gasteiger partial charge >= 0.3 is 0 Å². The lowest BCUT2D eigenvalue weighted by molar-refractivity contribution is -0.122. The highest BCUT2D eigenvalue weighted by atomic mass is 32.2. The molecule has 50 heavy (non-hydrogen) atoms. The Balaban J connectivity index is 2.96. The standard InChI is InChI=1S/C37H66N2O7S4/c1-6-18-43-20-22-45-34-26-30(28-38-36(41)13-9-7-11-32(49-4)15-24-47-2)31(27-35(34)46-23-21-44-19-17-40)29-39-37(42)14-10-8-12-33(50-5)16-25-48-3/h26-27,32-33,40H,6-25,28-29H2,1-5H3,(H,38,41)(H,39,42). The van der Waals surface area contributed by atoms with Crippen LogP contribution in [0.2, 0.25) is 0 Å². The summed E-state index contributed by atoms with van der Waals surface area (Å²) in [6, 6.07) is 3.79. The molecule has 2 unspecified atom stereocenters. The largest absolute Gasteiger partial charge is 0.487 e. The second kappa shape index (κ2) is 32.7. The van der Waals surface area contributed by atoms with Gasteiger partial charge in [-0.05, 0) is 105 Å². The molecule has 13 heteroatoms. The number of hydrogen-bond donors (Lipinski definition) is 3. The molecule has 0 heterocycles. The number of aliphatic hydroxyl groups excluding tert-OH is 1. The Hall–Kier alpha value is -0.960. The zero-order chi connectivity index (χ0) is 36.7. The van der Waals surface area contributed by atoms with Crippen LogP contribution in [-0.4, -0.2) is 110 Å². The zero-order valence-electron chi connectivity index (χ0n) is 31.4. The smallest absolute Gasteiger partial charge is 0.220 e. The van der Waals surface area contributed by atoms with Crippen molar-refractivity contribution >= 4 is 58.9 Å². The number of nitrogens with one attached hydrogen (secondary N) is 2. The van der Waals surface area contributed by atoms with Crippen LogP contribution in [0.25, 0.3) is 0 Å². The fourth-order valence-corrected chi connectivity index (χ4v) is 8.02. The Bertz CT molecular complexity index is 932. The third-order valence-corrected chi connectivity index (χ3v) is 11.7. The third-order valence-electron chi connectivity index (χ3n) is 8.09. The summed E-state index contributed by atoms with van der Waals surface area (Å²) in [6.07, 6.45) is 19.0. The van der Waals surface area contributed by atoms with Gasteiger partial charge in [-0.25, -0.2) is 0 Å². The van der Waals surface area contributed by atoms with Crippen LogP contribution < -0.4 is 20.1 Å². The van der Waals surface area contributed by atoms with Crippen LogP contribution in [0.4, 0.5) is 0 Å². The molecule has 0 radical (unpaired) electrons. The molecule has 0 aliphatic heterocycles. The lowest BCUT2D eigenvalue weighted by atomic mass is 10.0. The number of amides is 2. The van der Waals surface area contributed by atoms with Crippen molar-refractivity contribution < 1.29 is 33.6 Å². The highest BCUT2D eigenvalue weighted by molar-refractivity contribution is 8.00. The van der Waals surface area contributed by atoms with Crippen LogP contribution in [0.5, 0.6) is 11.5 Å². The highest BCUT2D eigenvalue weighted by Gasteiger charge is 2.16. The van der Waals surface area contributed by atoms with E-state index in [1.807, 2.05) is 59.2 Å². The first-order valence-electron chi connectivity index (χ1n) is 18.2. The SMILES string of the molecule is CCCOCCOc1cc(CNC(=O)CCCCC(CCSC)SC)c(CNC(=O)CCCCC(CCSC)SC)cc1OCCOCCO. The summed E-state index contributed by atoms with van der Waals surface area (Å²) in [4.78, 5) is 25.8. The molecule has 2 amide bonds. The molecular formula is C37H66N2O7S4. The first kappa shape index (κ1) is 47.1. The van der Waals surface area contributed by atoms with Crippen LogP contribution in [0.3, 0.4) is 0 Å². The fourth-order valence-electron chi connectivity index (χ4n) is 5.17. The number of unbranched alkanes of at least 4 members (excludes halogenated alkanes) is 2. The summed E-state index contributed by atoms with van der Waals surface area (Å²) in [5.41, 5.74) is 1.72. The molecule has 0 spiro atoms. The van der Waals surface area contributed by atoms with Gasteiger partial charge in [-0.1, -0.05) is 19.8 Å². The molecule has 0 saturated heterocycles. The van der Waals surface area contributed by atoms with E-state index in [1.54, 1.807) is 0 Å². The van der Waals surface area contributed by atoms with Crippen molar-refractivity contribution in [3.05, 3.63) is 23.3 Å². The molecule has 0 bridgehead atoms. The first-order chi connectivity index (χ1) is 24.4. The minimum absolute atomic E-state index is 0.0131. The second-order valence-electron chi connectivity index (χ2n) is 12.0. The van der Waals surface area contributed by atoms with E-state index in [4.69, 9.17) is 24.1 Å². The Morgan fingerprint density at radius 1 is 0.660 bits per heavy atom. The van der Waals surface area contributed by atoms with Crippen LogP contribution in [-0.2, 0) is 32.2 Å². The maximum Gasteiger partial charge on any atom is 0.220 e. The lowest BCUT2D eigenvalue weighted by Gasteiger charge is -2.19. The quantitative estimate of drug-likeness (QED) is 0.0618. The summed E-state index contributed by atoms with van der Waals surface area (Å²) in [5.74, 6) is 3.45. The molecule has 0 aromatic heterocycles. The number of carbonyl (C=O) groups excluding carboxylic acids is 2. The van der Waals surface area contributed by atoms with E-state index >= 15 is 0 Å². The van der Waals surface area contributed by atoms with Gasteiger partial charge in [-0.3, -0.25) is 9.59 Å². The van der Waals surface area contributed by atoms with Gasteiger partial charge in [0.2, 0.25) is 11.8 Å². The van der Waals surface area contributed by atoms with E-state index in [2.05, 4.69) is 42.6 Å². The third kappa shape index (κ3) is 23.6. The average Bonchev–Trinajstić information content (AvgIpc) is 3.12. The molecule has 9 nitrogen and oxygen atoms in total. The van der Waals surface area contributed by atoms with E-state index in [-0.39, 0.29) is 31.6 Å². The molecular weight excluding hydrogens is 713 g/mol. The molecule has 1 rings (SSSR count). The Kier molecular flexibility index (Phi) is 30.8. The molecule has 1 aromatic carbocycles. The van der Waals surface area contributed by atoms with E-state index in [1.165, 1.54) is 24.3 Å². The first-order valence-corrected chi connectivity index (χ1v) is 23.5. The number of aliphatic hydroxyl groups is 1. The zero-order valence-corrected chi connectivity index (χ0v) is 34.7. The van der Waals surface area contributed by atoms with Gasteiger partial charge in [-0.15, -0.1) is 0 Å². The van der Waals surface area contributed by atoms with Crippen LogP contribution >= 0.6 is 47.0 Å². The van der Waals surface area contributed by atoms with Crippen LogP contribution in [0.1, 0.15) is 88.7 Å². The Morgan fingerprint density at radius 2 is 1.12 bits per heavy atom. The maximum absolute atomic E-state index is 12.9. The maximum atomic E-state index is 12.9. The summed E-state index contributed by atoms with van der Waals surface area (Å²) in [5, 5.41) is 16.5. The summed E-state index contributed by atoms with van der Waals surface area (Å²) < 4.78 is 23.2. The number of carbonyl (C=O) groups is 2. The van der Waals surface area contributed by atoms with Crippen LogP contribution in [0.15, 0.2) is 12.1 Å². The van der Waals surface area contributed by atoms with E-state index in [0.29, 0.717) is 74.4 Å². The molecule has 3 N–H and O–H groups in total. The Labute approximate surface area is 320 Å². The molecule has 0 fully saturated rings. The van der Waals surface area contributed by atoms with Gasteiger partial charge in [0.1, 0.15) is 13.2 Å². The number of rotatable bonds is 34. The minimum Gasteiger partial charge on any atom is -0.487 e. The normalized spacial score (nSPS) is 12.4. The number of benzene rings is 1. The predicted octanol–water partition coefficient (Wildman–Crippen LogP) is 7.20. The van der Waals surface area contributed by atoms with Crippen molar-refractivity contribution in [3.8, 4) is 11.5 Å². The highest BCUT2D eigenvalue weighted by Crippen LogP contribution is 2.32. The van der Waals surface area contributed by atoms with Crippen molar-refractivity contribution in [2.24, 2.45) is 0 Å². The molecule has 290 valence electrons. The second-order valence-corrected chi connectivity index (χ2v) is 16.3. The van der Waals surface area contributed by atoms with Gasteiger partial charge in [-0.2, -0.15) is 47.0 Å². The molecule has 0 saturated carbocycles. The van der Waals surface area contributed by atoms with E-state index in [9.17, 15) is 9.59 Å². The molecule has 2 atom stereocenters. The van der Waals surface area contributed by atoms with Crippen molar-refractivity contribution in [3.63, 3.8) is 0 Å². The molecule has 0 aliphatic carbocycles. The van der Waals surface area contributed by atoms with Gasteiger partial charge < -0.3 is 34.7 Å². The topological polar surface area (TPSA) is 115 Å². The monoisotopic (exact) mass is 778 g/mol. The number of hydrogen-bond acceptors (Lipinski definition) is 11.